The minimum absolute atomic E-state index is 0.0399. The first-order valence-corrected chi connectivity index (χ1v) is 5.18. The predicted octanol–water partition coefficient (Wildman–Crippen LogP) is 3.91. The van der Waals surface area contributed by atoms with E-state index in [4.69, 9.17) is 0 Å². The van der Waals surface area contributed by atoms with Crippen LogP contribution < -0.4 is 0 Å². The second kappa shape index (κ2) is 3.09. The first-order chi connectivity index (χ1) is 6.89. The standard InChI is InChI=1S/C13H16FN/c1-8-5-6-10-9(7-11(14)15-10)12(8)13(2,3)4/h5-7,15H,1-4H3. The normalized spacial score (nSPS) is 12.3. The van der Waals surface area contributed by atoms with Gasteiger partial charge in [0.15, 0.2) is 5.95 Å². The topological polar surface area (TPSA) is 15.8 Å². The first kappa shape index (κ1) is 10.2. The summed E-state index contributed by atoms with van der Waals surface area (Å²) in [6, 6.07) is 5.56. The van der Waals surface area contributed by atoms with E-state index in [9.17, 15) is 4.39 Å². The number of aromatic amines is 1. The number of halogens is 1. The molecule has 0 aliphatic heterocycles. The number of hydrogen-bond acceptors (Lipinski definition) is 0. The maximum absolute atomic E-state index is 13.2. The third-order valence-electron chi connectivity index (χ3n) is 2.73. The van der Waals surface area contributed by atoms with Gasteiger partial charge >= 0.3 is 0 Å². The van der Waals surface area contributed by atoms with Crippen molar-refractivity contribution in [3.05, 3.63) is 35.3 Å². The average Bonchev–Trinajstić information content (AvgIpc) is 2.41. The molecule has 1 aromatic carbocycles. The highest BCUT2D eigenvalue weighted by molar-refractivity contribution is 5.85. The van der Waals surface area contributed by atoms with Crippen LogP contribution in [0.1, 0.15) is 31.9 Å². The summed E-state index contributed by atoms with van der Waals surface area (Å²) in [5, 5.41) is 1.00. The molecule has 0 saturated heterocycles. The van der Waals surface area contributed by atoms with Crippen molar-refractivity contribution in [1.29, 1.82) is 0 Å². The fourth-order valence-corrected chi connectivity index (χ4v) is 2.27. The number of hydrogen-bond donors (Lipinski definition) is 1. The summed E-state index contributed by atoms with van der Waals surface area (Å²) >= 11 is 0. The molecule has 0 bridgehead atoms. The van der Waals surface area contributed by atoms with Crippen LogP contribution in [0.5, 0.6) is 0 Å². The van der Waals surface area contributed by atoms with Crippen LogP contribution in [0.25, 0.3) is 10.9 Å². The number of nitrogens with one attached hydrogen (secondary N) is 1. The maximum Gasteiger partial charge on any atom is 0.192 e. The zero-order chi connectivity index (χ0) is 11.2. The van der Waals surface area contributed by atoms with Gasteiger partial charge in [0.05, 0.1) is 0 Å². The highest BCUT2D eigenvalue weighted by atomic mass is 19.1. The molecule has 1 aromatic heterocycles. The third-order valence-corrected chi connectivity index (χ3v) is 2.73. The summed E-state index contributed by atoms with van der Waals surface area (Å²) in [6.07, 6.45) is 0. The molecule has 0 aliphatic rings. The van der Waals surface area contributed by atoms with Gasteiger partial charge in [0.2, 0.25) is 0 Å². The van der Waals surface area contributed by atoms with E-state index in [-0.39, 0.29) is 11.4 Å². The Balaban J connectivity index is 2.85. The van der Waals surface area contributed by atoms with Gasteiger partial charge in [-0.05, 0) is 29.5 Å². The summed E-state index contributed by atoms with van der Waals surface area (Å²) < 4.78 is 13.2. The van der Waals surface area contributed by atoms with Crippen LogP contribution in [0.15, 0.2) is 18.2 Å². The van der Waals surface area contributed by atoms with Gasteiger partial charge in [-0.15, -0.1) is 0 Å². The van der Waals surface area contributed by atoms with Gasteiger partial charge in [0.1, 0.15) is 0 Å². The lowest BCUT2D eigenvalue weighted by atomic mass is 9.82. The van der Waals surface area contributed by atoms with Crippen LogP contribution in [0, 0.1) is 12.9 Å². The monoisotopic (exact) mass is 205 g/mol. The Kier molecular flexibility index (Phi) is 2.10. The van der Waals surface area contributed by atoms with Gasteiger partial charge in [-0.25, -0.2) is 0 Å². The zero-order valence-electron chi connectivity index (χ0n) is 9.61. The van der Waals surface area contributed by atoms with Crippen molar-refractivity contribution in [2.45, 2.75) is 33.1 Å². The fourth-order valence-electron chi connectivity index (χ4n) is 2.27. The van der Waals surface area contributed by atoms with Crippen LogP contribution in [-0.4, -0.2) is 4.98 Å². The molecule has 1 N–H and O–H groups in total. The lowest BCUT2D eigenvalue weighted by Crippen LogP contribution is -2.13. The Morgan fingerprint density at radius 2 is 1.87 bits per heavy atom. The smallest absolute Gasteiger partial charge is 0.192 e. The summed E-state index contributed by atoms with van der Waals surface area (Å²) in [6.45, 7) is 8.53. The van der Waals surface area contributed by atoms with E-state index in [1.165, 1.54) is 11.1 Å². The Morgan fingerprint density at radius 1 is 1.20 bits per heavy atom. The molecule has 1 heterocycles. The number of H-pyrrole nitrogens is 1. The van der Waals surface area contributed by atoms with E-state index >= 15 is 0 Å². The molecule has 0 fully saturated rings. The fraction of sp³-hybridized carbons (Fsp3) is 0.385. The molecule has 0 unspecified atom stereocenters. The number of aryl methyl sites for hydroxylation is 1. The van der Waals surface area contributed by atoms with Gasteiger partial charge in [0, 0.05) is 17.0 Å². The summed E-state index contributed by atoms with van der Waals surface area (Å²) in [5.74, 6) is -0.263. The second-order valence-corrected chi connectivity index (χ2v) is 5.09. The molecule has 15 heavy (non-hydrogen) atoms. The minimum atomic E-state index is -0.263. The van der Waals surface area contributed by atoms with E-state index in [2.05, 4.69) is 32.7 Å². The molecule has 0 spiro atoms. The van der Waals surface area contributed by atoms with Crippen molar-refractivity contribution in [2.75, 3.05) is 0 Å². The van der Waals surface area contributed by atoms with Crippen molar-refractivity contribution < 1.29 is 4.39 Å². The maximum atomic E-state index is 13.2. The van der Waals surface area contributed by atoms with Gasteiger partial charge in [0.25, 0.3) is 0 Å². The van der Waals surface area contributed by atoms with Crippen molar-refractivity contribution in [3.63, 3.8) is 0 Å². The van der Waals surface area contributed by atoms with Crippen LogP contribution in [-0.2, 0) is 5.41 Å². The van der Waals surface area contributed by atoms with Crippen LogP contribution in [0.2, 0.25) is 0 Å². The lowest BCUT2D eigenvalue weighted by Gasteiger charge is -2.22. The third kappa shape index (κ3) is 1.65. The van der Waals surface area contributed by atoms with E-state index in [0.717, 1.165) is 10.9 Å². The molecule has 0 amide bonds. The Labute approximate surface area is 89.3 Å². The second-order valence-electron chi connectivity index (χ2n) is 5.09. The van der Waals surface area contributed by atoms with E-state index in [1.54, 1.807) is 6.07 Å². The van der Waals surface area contributed by atoms with Gasteiger partial charge in [-0.2, -0.15) is 4.39 Å². The van der Waals surface area contributed by atoms with E-state index in [1.807, 2.05) is 12.1 Å². The largest absolute Gasteiger partial charge is 0.331 e. The Hall–Kier alpha value is -1.31. The molecular weight excluding hydrogens is 189 g/mol. The molecule has 1 nitrogen and oxygen atoms in total. The average molecular weight is 205 g/mol. The van der Waals surface area contributed by atoms with Crippen LogP contribution in [0.3, 0.4) is 0 Å². The Morgan fingerprint density at radius 3 is 2.47 bits per heavy atom. The molecule has 2 aromatic rings. The van der Waals surface area contributed by atoms with Crippen molar-refractivity contribution in [2.24, 2.45) is 0 Å². The molecule has 2 rings (SSSR count). The zero-order valence-corrected chi connectivity index (χ0v) is 9.61. The van der Waals surface area contributed by atoms with Crippen molar-refractivity contribution >= 4 is 10.9 Å². The SMILES string of the molecule is Cc1ccc2[nH]c(F)cc2c1C(C)(C)C. The van der Waals surface area contributed by atoms with Crippen molar-refractivity contribution in [1.82, 2.24) is 4.98 Å². The van der Waals surface area contributed by atoms with Crippen molar-refractivity contribution in [3.8, 4) is 0 Å². The van der Waals surface area contributed by atoms with E-state index in [0.29, 0.717) is 0 Å². The van der Waals surface area contributed by atoms with Crippen LogP contribution >= 0.6 is 0 Å². The van der Waals surface area contributed by atoms with Gasteiger partial charge < -0.3 is 4.98 Å². The highest BCUT2D eigenvalue weighted by Crippen LogP contribution is 2.32. The number of fused-ring (bicyclic) bond motifs is 1. The number of rotatable bonds is 0. The molecule has 80 valence electrons. The lowest BCUT2D eigenvalue weighted by molar-refractivity contribution is 0.590. The Bertz CT molecular complexity index is 503. The van der Waals surface area contributed by atoms with Crippen LogP contribution in [0.4, 0.5) is 4.39 Å². The summed E-state index contributed by atoms with van der Waals surface area (Å²) in [5.41, 5.74) is 3.36. The number of benzene rings is 1. The summed E-state index contributed by atoms with van der Waals surface area (Å²) in [7, 11) is 0. The quantitative estimate of drug-likeness (QED) is 0.671. The molecule has 0 saturated carbocycles. The van der Waals surface area contributed by atoms with Gasteiger partial charge in [-0.3, -0.25) is 0 Å². The molecule has 0 aliphatic carbocycles. The molecule has 0 atom stereocenters. The summed E-state index contributed by atoms with van der Waals surface area (Å²) in [4.78, 5) is 2.73. The molecule has 2 heteroatoms. The molecule has 0 radical (unpaired) electrons. The number of aromatic nitrogens is 1. The van der Waals surface area contributed by atoms with Gasteiger partial charge in [-0.1, -0.05) is 26.8 Å². The minimum Gasteiger partial charge on any atom is -0.331 e. The molecular formula is C13H16FN. The predicted molar refractivity (Wildman–Crippen MR) is 61.7 cm³/mol. The first-order valence-electron chi connectivity index (χ1n) is 5.18. The van der Waals surface area contributed by atoms with E-state index < -0.39 is 0 Å². The highest BCUT2D eigenvalue weighted by Gasteiger charge is 2.20.